The largest absolute Gasteiger partial charge is 0.369 e. The summed E-state index contributed by atoms with van der Waals surface area (Å²) in [5.41, 5.74) is 11.0. The van der Waals surface area contributed by atoms with E-state index in [0.29, 0.717) is 0 Å². The first-order chi connectivity index (χ1) is 9.97. The predicted molar refractivity (Wildman–Crippen MR) is 94.8 cm³/mol. The van der Waals surface area contributed by atoms with Gasteiger partial charge in [0.15, 0.2) is 0 Å². The van der Waals surface area contributed by atoms with Crippen LogP contribution < -0.4 is 10.6 Å². The summed E-state index contributed by atoms with van der Waals surface area (Å²) in [5, 5.41) is 0. The standard InChI is InChI=1S/C18H23BrN2/c1-13-6-4-5-7-16(13)12-21(3)18-9-8-15(10-14(2)20)11-17(18)19/h4-9,11,14H,10,12,20H2,1-3H3. The van der Waals surface area contributed by atoms with Gasteiger partial charge in [0.2, 0.25) is 0 Å². The van der Waals surface area contributed by atoms with Crippen molar-refractivity contribution in [2.45, 2.75) is 32.9 Å². The highest BCUT2D eigenvalue weighted by Crippen LogP contribution is 2.28. The van der Waals surface area contributed by atoms with Crippen LogP contribution in [0, 0.1) is 6.92 Å². The van der Waals surface area contributed by atoms with E-state index in [0.717, 1.165) is 17.4 Å². The van der Waals surface area contributed by atoms with E-state index < -0.39 is 0 Å². The molecule has 2 nitrogen and oxygen atoms in total. The van der Waals surface area contributed by atoms with Crippen LogP contribution in [0.1, 0.15) is 23.6 Å². The fourth-order valence-corrected chi connectivity index (χ4v) is 3.22. The first-order valence-electron chi connectivity index (χ1n) is 7.27. The molecule has 3 heteroatoms. The first kappa shape index (κ1) is 16.1. The van der Waals surface area contributed by atoms with Gasteiger partial charge < -0.3 is 10.6 Å². The smallest absolute Gasteiger partial charge is 0.0511 e. The Labute approximate surface area is 136 Å². The highest BCUT2D eigenvalue weighted by atomic mass is 79.9. The van der Waals surface area contributed by atoms with Crippen molar-refractivity contribution in [3.63, 3.8) is 0 Å². The van der Waals surface area contributed by atoms with Gasteiger partial charge in [0.05, 0.1) is 5.69 Å². The molecule has 112 valence electrons. The zero-order chi connectivity index (χ0) is 15.4. The van der Waals surface area contributed by atoms with Gasteiger partial charge in [0.25, 0.3) is 0 Å². The first-order valence-corrected chi connectivity index (χ1v) is 8.06. The SMILES string of the molecule is Cc1ccccc1CN(C)c1ccc(CC(C)N)cc1Br. The van der Waals surface area contributed by atoms with Crippen molar-refractivity contribution in [1.82, 2.24) is 0 Å². The minimum atomic E-state index is 0.187. The van der Waals surface area contributed by atoms with E-state index in [1.54, 1.807) is 0 Å². The number of nitrogens with zero attached hydrogens (tertiary/aromatic N) is 1. The van der Waals surface area contributed by atoms with Gasteiger partial charge in [-0.3, -0.25) is 0 Å². The molecule has 0 bridgehead atoms. The Hall–Kier alpha value is -1.32. The highest BCUT2D eigenvalue weighted by Gasteiger charge is 2.09. The maximum Gasteiger partial charge on any atom is 0.0511 e. The van der Waals surface area contributed by atoms with Gasteiger partial charge in [-0.2, -0.15) is 0 Å². The zero-order valence-electron chi connectivity index (χ0n) is 12.9. The van der Waals surface area contributed by atoms with Crippen molar-refractivity contribution in [3.05, 3.63) is 63.6 Å². The summed E-state index contributed by atoms with van der Waals surface area (Å²) in [7, 11) is 2.12. The Morgan fingerprint density at radius 1 is 1.19 bits per heavy atom. The van der Waals surface area contributed by atoms with E-state index in [2.05, 4.69) is 77.3 Å². The molecule has 2 aromatic carbocycles. The summed E-state index contributed by atoms with van der Waals surface area (Å²) in [5.74, 6) is 0. The normalized spacial score (nSPS) is 12.2. The lowest BCUT2D eigenvalue weighted by Gasteiger charge is -2.22. The number of benzene rings is 2. The lowest BCUT2D eigenvalue weighted by molar-refractivity contribution is 0.737. The Morgan fingerprint density at radius 3 is 2.52 bits per heavy atom. The Kier molecular flexibility index (Phi) is 5.43. The van der Waals surface area contributed by atoms with Crippen LogP contribution in [0.5, 0.6) is 0 Å². The third kappa shape index (κ3) is 4.32. The Bertz CT molecular complexity index is 608. The molecule has 0 heterocycles. The fourth-order valence-electron chi connectivity index (χ4n) is 2.49. The number of aryl methyl sites for hydroxylation is 1. The van der Waals surface area contributed by atoms with E-state index in [9.17, 15) is 0 Å². The third-order valence-corrected chi connectivity index (χ3v) is 4.28. The highest BCUT2D eigenvalue weighted by molar-refractivity contribution is 9.10. The summed E-state index contributed by atoms with van der Waals surface area (Å²) in [6, 6.07) is 15.2. The van der Waals surface area contributed by atoms with Crippen LogP contribution in [0.2, 0.25) is 0 Å². The van der Waals surface area contributed by atoms with E-state index in [1.807, 2.05) is 6.92 Å². The number of nitrogens with two attached hydrogens (primary N) is 1. The number of hydrogen-bond donors (Lipinski definition) is 1. The molecule has 0 fully saturated rings. The molecule has 1 unspecified atom stereocenters. The molecule has 1 atom stereocenters. The van der Waals surface area contributed by atoms with Crippen LogP contribution >= 0.6 is 15.9 Å². The second-order valence-electron chi connectivity index (χ2n) is 5.75. The van der Waals surface area contributed by atoms with Crippen LogP contribution in [0.3, 0.4) is 0 Å². The molecule has 21 heavy (non-hydrogen) atoms. The summed E-state index contributed by atoms with van der Waals surface area (Å²) in [6.07, 6.45) is 0.903. The molecular formula is C18H23BrN2. The monoisotopic (exact) mass is 346 g/mol. The molecule has 2 aromatic rings. The molecular weight excluding hydrogens is 324 g/mol. The minimum Gasteiger partial charge on any atom is -0.369 e. The Morgan fingerprint density at radius 2 is 1.90 bits per heavy atom. The van der Waals surface area contributed by atoms with Crippen molar-refractivity contribution < 1.29 is 0 Å². The maximum atomic E-state index is 5.87. The molecule has 0 aliphatic carbocycles. The molecule has 0 radical (unpaired) electrons. The van der Waals surface area contributed by atoms with E-state index in [4.69, 9.17) is 5.73 Å². The van der Waals surface area contributed by atoms with Crippen LogP contribution in [0.25, 0.3) is 0 Å². The molecule has 0 spiro atoms. The molecule has 0 aliphatic heterocycles. The molecule has 2 N–H and O–H groups in total. The predicted octanol–water partition coefficient (Wildman–Crippen LogP) is 4.28. The van der Waals surface area contributed by atoms with Crippen molar-refractivity contribution >= 4 is 21.6 Å². The third-order valence-electron chi connectivity index (χ3n) is 3.65. The van der Waals surface area contributed by atoms with Gasteiger partial charge in [0, 0.05) is 24.1 Å². The van der Waals surface area contributed by atoms with E-state index in [-0.39, 0.29) is 6.04 Å². The van der Waals surface area contributed by atoms with Crippen LogP contribution in [0.15, 0.2) is 46.9 Å². The van der Waals surface area contributed by atoms with Crippen LogP contribution in [-0.4, -0.2) is 13.1 Å². The molecule has 2 rings (SSSR count). The molecule has 0 saturated heterocycles. The van der Waals surface area contributed by atoms with Gasteiger partial charge >= 0.3 is 0 Å². The summed E-state index contributed by atoms with van der Waals surface area (Å²) < 4.78 is 1.12. The lowest BCUT2D eigenvalue weighted by atomic mass is 10.1. The molecule has 0 aliphatic rings. The van der Waals surface area contributed by atoms with Crippen molar-refractivity contribution in [2.75, 3.05) is 11.9 Å². The van der Waals surface area contributed by atoms with Gasteiger partial charge in [-0.05, 0) is 65.0 Å². The number of rotatable bonds is 5. The minimum absolute atomic E-state index is 0.187. The number of hydrogen-bond acceptors (Lipinski definition) is 2. The average molecular weight is 347 g/mol. The van der Waals surface area contributed by atoms with Gasteiger partial charge in [0.1, 0.15) is 0 Å². The van der Waals surface area contributed by atoms with Crippen molar-refractivity contribution in [3.8, 4) is 0 Å². The van der Waals surface area contributed by atoms with Crippen molar-refractivity contribution in [2.24, 2.45) is 5.73 Å². The fraction of sp³-hybridized carbons (Fsp3) is 0.333. The van der Waals surface area contributed by atoms with Gasteiger partial charge in [-0.25, -0.2) is 0 Å². The summed E-state index contributed by atoms with van der Waals surface area (Å²) in [6.45, 7) is 5.09. The molecule has 0 aromatic heterocycles. The lowest BCUT2D eigenvalue weighted by Crippen LogP contribution is -2.19. The van der Waals surface area contributed by atoms with Gasteiger partial charge in [-0.1, -0.05) is 30.3 Å². The number of anilines is 1. The maximum absolute atomic E-state index is 5.87. The molecule has 0 saturated carbocycles. The Balaban J connectivity index is 2.16. The van der Waals surface area contributed by atoms with Crippen LogP contribution in [0.4, 0.5) is 5.69 Å². The topological polar surface area (TPSA) is 29.3 Å². The van der Waals surface area contributed by atoms with Gasteiger partial charge in [-0.15, -0.1) is 0 Å². The quantitative estimate of drug-likeness (QED) is 0.875. The van der Waals surface area contributed by atoms with E-state index in [1.165, 1.54) is 22.4 Å². The van der Waals surface area contributed by atoms with E-state index >= 15 is 0 Å². The van der Waals surface area contributed by atoms with Crippen molar-refractivity contribution in [1.29, 1.82) is 0 Å². The second-order valence-corrected chi connectivity index (χ2v) is 6.60. The van der Waals surface area contributed by atoms with Crippen LogP contribution in [-0.2, 0) is 13.0 Å². The number of halogens is 1. The zero-order valence-corrected chi connectivity index (χ0v) is 14.5. The average Bonchev–Trinajstić information content (AvgIpc) is 2.40. The summed E-state index contributed by atoms with van der Waals surface area (Å²) >= 11 is 3.69. The molecule has 0 amide bonds. The summed E-state index contributed by atoms with van der Waals surface area (Å²) in [4.78, 5) is 2.27. The second kappa shape index (κ2) is 7.10.